The number of nitrogens with one attached hydrogen (secondary N) is 1. The lowest BCUT2D eigenvalue weighted by atomic mass is 9.92. The van der Waals surface area contributed by atoms with Gasteiger partial charge in [-0.1, -0.05) is 54.6 Å². The van der Waals surface area contributed by atoms with Gasteiger partial charge in [-0.2, -0.15) is 0 Å². The first kappa shape index (κ1) is 16.0. The molecule has 23 heavy (non-hydrogen) atoms. The van der Waals surface area contributed by atoms with Gasteiger partial charge in [0.05, 0.1) is 6.10 Å². The summed E-state index contributed by atoms with van der Waals surface area (Å²) in [6.45, 7) is 3.19. The SMILES string of the molecule is CC(O)CNCc1ccc2ccc3cccc4ccc1c2c34.Cl. The van der Waals surface area contributed by atoms with Crippen LogP contribution >= 0.6 is 12.4 Å². The predicted octanol–water partition coefficient (Wildman–Crippen LogP) is 4.48. The average molecular weight is 326 g/mol. The second-order valence-corrected chi connectivity index (χ2v) is 6.06. The van der Waals surface area contributed by atoms with E-state index in [0.717, 1.165) is 6.54 Å². The molecule has 1 atom stereocenters. The van der Waals surface area contributed by atoms with Crippen LogP contribution in [0.25, 0.3) is 32.3 Å². The van der Waals surface area contributed by atoms with Crippen LogP contribution in [-0.2, 0) is 6.54 Å². The van der Waals surface area contributed by atoms with Crippen LogP contribution < -0.4 is 5.32 Å². The van der Waals surface area contributed by atoms with Gasteiger partial charge < -0.3 is 10.4 Å². The van der Waals surface area contributed by atoms with Crippen LogP contribution in [0, 0.1) is 0 Å². The number of halogens is 1. The quantitative estimate of drug-likeness (QED) is 0.542. The van der Waals surface area contributed by atoms with Gasteiger partial charge in [0.25, 0.3) is 0 Å². The van der Waals surface area contributed by atoms with E-state index in [0.29, 0.717) is 6.54 Å². The Morgan fingerprint density at radius 3 is 2.17 bits per heavy atom. The Labute approximate surface area is 141 Å². The molecular formula is C20H20ClNO. The van der Waals surface area contributed by atoms with Crippen molar-refractivity contribution >= 4 is 44.7 Å². The molecule has 2 nitrogen and oxygen atoms in total. The van der Waals surface area contributed by atoms with Crippen LogP contribution in [0.15, 0.2) is 54.6 Å². The minimum Gasteiger partial charge on any atom is -0.392 e. The van der Waals surface area contributed by atoms with Crippen LogP contribution in [0.2, 0.25) is 0 Å². The average Bonchev–Trinajstić information content (AvgIpc) is 2.53. The normalized spacial score (nSPS) is 12.8. The number of aliphatic hydroxyl groups excluding tert-OH is 1. The van der Waals surface area contributed by atoms with Crippen molar-refractivity contribution in [2.75, 3.05) is 6.54 Å². The molecular weight excluding hydrogens is 306 g/mol. The van der Waals surface area contributed by atoms with Crippen molar-refractivity contribution in [1.29, 1.82) is 0 Å². The van der Waals surface area contributed by atoms with Gasteiger partial charge in [0.1, 0.15) is 0 Å². The van der Waals surface area contributed by atoms with Crippen molar-refractivity contribution in [2.24, 2.45) is 0 Å². The summed E-state index contributed by atoms with van der Waals surface area (Å²) in [6.07, 6.45) is -0.320. The fraction of sp³-hybridized carbons (Fsp3) is 0.200. The summed E-state index contributed by atoms with van der Waals surface area (Å²) in [4.78, 5) is 0. The lowest BCUT2D eigenvalue weighted by Gasteiger charge is -2.14. The fourth-order valence-electron chi connectivity index (χ4n) is 3.37. The molecule has 0 spiro atoms. The van der Waals surface area contributed by atoms with Crippen LogP contribution in [0.3, 0.4) is 0 Å². The van der Waals surface area contributed by atoms with E-state index in [4.69, 9.17) is 0 Å². The second-order valence-electron chi connectivity index (χ2n) is 6.06. The fourth-order valence-corrected chi connectivity index (χ4v) is 3.37. The third-order valence-corrected chi connectivity index (χ3v) is 4.37. The molecule has 0 heterocycles. The third-order valence-electron chi connectivity index (χ3n) is 4.37. The minimum absolute atomic E-state index is 0. The summed E-state index contributed by atoms with van der Waals surface area (Å²) in [7, 11) is 0. The van der Waals surface area contributed by atoms with Gasteiger partial charge in [-0.3, -0.25) is 0 Å². The van der Waals surface area contributed by atoms with Gasteiger partial charge in [0.15, 0.2) is 0 Å². The molecule has 0 aliphatic carbocycles. The van der Waals surface area contributed by atoms with Gasteiger partial charge >= 0.3 is 0 Å². The van der Waals surface area contributed by atoms with E-state index in [1.807, 2.05) is 0 Å². The summed E-state index contributed by atoms with van der Waals surface area (Å²) in [5, 5.41) is 20.6. The molecule has 118 valence electrons. The van der Waals surface area contributed by atoms with Gasteiger partial charge in [0.2, 0.25) is 0 Å². The highest BCUT2D eigenvalue weighted by Crippen LogP contribution is 2.35. The molecule has 0 aliphatic rings. The first-order valence-corrected chi connectivity index (χ1v) is 7.78. The van der Waals surface area contributed by atoms with E-state index < -0.39 is 0 Å². The topological polar surface area (TPSA) is 32.3 Å². The Kier molecular flexibility index (Phi) is 4.40. The van der Waals surface area contributed by atoms with Crippen LogP contribution in [0.4, 0.5) is 0 Å². The Balaban J connectivity index is 0.00000156. The summed E-state index contributed by atoms with van der Waals surface area (Å²) in [5.41, 5.74) is 1.28. The Morgan fingerprint density at radius 1 is 0.870 bits per heavy atom. The van der Waals surface area contributed by atoms with E-state index in [1.54, 1.807) is 6.92 Å². The van der Waals surface area contributed by atoms with Crippen molar-refractivity contribution in [2.45, 2.75) is 19.6 Å². The molecule has 4 aromatic rings. The lowest BCUT2D eigenvalue weighted by Crippen LogP contribution is -2.23. The van der Waals surface area contributed by atoms with Gasteiger partial charge in [-0.25, -0.2) is 0 Å². The molecule has 4 aromatic carbocycles. The summed E-state index contributed by atoms with van der Waals surface area (Å²) < 4.78 is 0. The van der Waals surface area contributed by atoms with E-state index in [1.165, 1.54) is 37.9 Å². The van der Waals surface area contributed by atoms with Crippen LogP contribution in [0.1, 0.15) is 12.5 Å². The molecule has 0 bridgehead atoms. The van der Waals surface area contributed by atoms with E-state index in [-0.39, 0.29) is 18.5 Å². The van der Waals surface area contributed by atoms with Gasteiger partial charge in [-0.05, 0) is 44.8 Å². The Hall–Kier alpha value is -1.87. The maximum Gasteiger partial charge on any atom is 0.0636 e. The molecule has 0 saturated heterocycles. The van der Waals surface area contributed by atoms with Gasteiger partial charge in [0, 0.05) is 13.1 Å². The lowest BCUT2D eigenvalue weighted by molar-refractivity contribution is 0.191. The number of aliphatic hydroxyl groups is 1. The maximum absolute atomic E-state index is 9.40. The maximum atomic E-state index is 9.40. The van der Waals surface area contributed by atoms with Crippen LogP contribution in [-0.4, -0.2) is 17.8 Å². The number of hydrogen-bond donors (Lipinski definition) is 2. The highest BCUT2D eigenvalue weighted by atomic mass is 35.5. The van der Waals surface area contributed by atoms with E-state index in [2.05, 4.69) is 59.9 Å². The molecule has 3 heteroatoms. The second kappa shape index (κ2) is 6.32. The van der Waals surface area contributed by atoms with Crippen molar-refractivity contribution in [3.8, 4) is 0 Å². The summed E-state index contributed by atoms with van der Waals surface area (Å²) in [5.74, 6) is 0. The van der Waals surface area contributed by atoms with E-state index in [9.17, 15) is 5.11 Å². The first-order valence-electron chi connectivity index (χ1n) is 7.78. The summed E-state index contributed by atoms with van der Waals surface area (Å²) >= 11 is 0. The molecule has 4 rings (SSSR count). The first-order chi connectivity index (χ1) is 10.7. The van der Waals surface area contributed by atoms with Crippen molar-refractivity contribution < 1.29 is 5.11 Å². The number of rotatable bonds is 4. The third kappa shape index (κ3) is 2.74. The number of hydrogen-bond acceptors (Lipinski definition) is 2. The smallest absolute Gasteiger partial charge is 0.0636 e. The molecule has 0 amide bonds. The van der Waals surface area contributed by atoms with Gasteiger partial charge in [-0.15, -0.1) is 12.4 Å². The van der Waals surface area contributed by atoms with Crippen molar-refractivity contribution in [3.05, 3.63) is 60.2 Å². The molecule has 0 fully saturated rings. The molecule has 2 N–H and O–H groups in total. The molecule has 1 unspecified atom stereocenters. The molecule has 0 aliphatic heterocycles. The zero-order chi connectivity index (χ0) is 15.1. The largest absolute Gasteiger partial charge is 0.392 e. The van der Waals surface area contributed by atoms with Crippen molar-refractivity contribution in [3.63, 3.8) is 0 Å². The monoisotopic (exact) mass is 325 g/mol. The Morgan fingerprint density at radius 2 is 1.48 bits per heavy atom. The zero-order valence-electron chi connectivity index (χ0n) is 13.0. The molecule has 0 saturated carbocycles. The van der Waals surface area contributed by atoms with Crippen LogP contribution in [0.5, 0.6) is 0 Å². The standard InChI is InChI=1S/C20H19NO.ClH/c1-13(22)11-21-12-17-8-7-16-6-5-14-3-2-4-15-9-10-18(17)20(16)19(14)15;/h2-10,13,21-22H,11-12H2,1H3;1H. The Bertz CT molecular complexity index is 932. The highest BCUT2D eigenvalue weighted by Gasteiger charge is 2.10. The minimum atomic E-state index is -0.320. The molecule has 0 radical (unpaired) electrons. The predicted molar refractivity (Wildman–Crippen MR) is 101 cm³/mol. The van der Waals surface area contributed by atoms with E-state index >= 15 is 0 Å². The zero-order valence-corrected chi connectivity index (χ0v) is 13.9. The van der Waals surface area contributed by atoms with Crippen molar-refractivity contribution in [1.82, 2.24) is 5.32 Å². The molecule has 0 aromatic heterocycles. The summed E-state index contributed by atoms with van der Waals surface area (Å²) in [6, 6.07) is 19.7. The number of benzene rings is 4. The highest BCUT2D eigenvalue weighted by molar-refractivity contribution is 6.23.